The minimum Gasteiger partial charge on any atom is -0.744 e. The van der Waals surface area contributed by atoms with Gasteiger partial charge in [-0.25, -0.2) is 8.42 Å². The van der Waals surface area contributed by atoms with E-state index in [2.05, 4.69) is 31.9 Å². The third-order valence-electron chi connectivity index (χ3n) is 1.18. The third kappa shape index (κ3) is 4.50. The van der Waals surface area contributed by atoms with Crippen molar-refractivity contribution in [1.82, 2.24) is 0 Å². The minimum atomic E-state index is -4.34. The average Bonchev–Trinajstić information content (AvgIpc) is 1.92. The summed E-state index contributed by atoms with van der Waals surface area (Å²) in [6.07, 6.45) is 0. The first-order valence-corrected chi connectivity index (χ1v) is 5.81. The van der Waals surface area contributed by atoms with Crippen molar-refractivity contribution >= 4 is 42.0 Å². The van der Waals surface area contributed by atoms with E-state index in [0.29, 0.717) is 8.95 Å². The Kier molecular flexibility index (Phi) is 6.69. The van der Waals surface area contributed by atoms with E-state index in [1.807, 2.05) is 0 Å². The van der Waals surface area contributed by atoms with Gasteiger partial charge in [-0.3, -0.25) is 0 Å². The SMILES string of the molecule is O=S(=O)([O-])c1ccc(Br)c(Br)c1.[Rb+]. The van der Waals surface area contributed by atoms with Crippen LogP contribution < -0.4 is 58.2 Å². The largest absolute Gasteiger partial charge is 1.00 e. The van der Waals surface area contributed by atoms with E-state index >= 15 is 0 Å². The fourth-order valence-corrected chi connectivity index (χ4v) is 1.91. The number of halogens is 2. The maximum atomic E-state index is 10.5. The summed E-state index contributed by atoms with van der Waals surface area (Å²) in [5, 5.41) is 0. The van der Waals surface area contributed by atoms with Gasteiger partial charge in [-0.1, -0.05) is 0 Å². The van der Waals surface area contributed by atoms with Crippen LogP contribution in [0.2, 0.25) is 0 Å². The molecule has 0 atom stereocenters. The average molecular weight is 400 g/mol. The number of hydrogen-bond acceptors (Lipinski definition) is 3. The van der Waals surface area contributed by atoms with Gasteiger partial charge in [-0.05, 0) is 50.1 Å². The molecule has 1 aromatic rings. The molecule has 0 aliphatic carbocycles. The molecule has 0 aliphatic heterocycles. The van der Waals surface area contributed by atoms with Crippen LogP contribution in [0.5, 0.6) is 0 Å². The zero-order valence-electron chi connectivity index (χ0n) is 6.62. The van der Waals surface area contributed by atoms with Crippen molar-refractivity contribution in [2.45, 2.75) is 4.90 Å². The number of benzene rings is 1. The predicted octanol–water partition coefficient (Wildman–Crippen LogP) is -0.880. The van der Waals surface area contributed by atoms with Gasteiger partial charge < -0.3 is 4.55 Å². The van der Waals surface area contributed by atoms with Gasteiger partial charge in [0, 0.05) is 8.95 Å². The molecule has 7 heteroatoms. The summed E-state index contributed by atoms with van der Waals surface area (Å²) in [5.41, 5.74) is 0. The van der Waals surface area contributed by atoms with E-state index < -0.39 is 10.1 Å². The van der Waals surface area contributed by atoms with Gasteiger partial charge in [0.15, 0.2) is 0 Å². The summed E-state index contributed by atoms with van der Waals surface area (Å²) in [4.78, 5) is -0.238. The van der Waals surface area contributed by atoms with E-state index in [4.69, 9.17) is 0 Å². The molecule has 1 rings (SSSR count). The Morgan fingerprint density at radius 3 is 2.08 bits per heavy atom. The molecule has 0 saturated carbocycles. The molecular weight excluding hydrogens is 397 g/mol. The Morgan fingerprint density at radius 2 is 1.69 bits per heavy atom. The zero-order valence-corrected chi connectivity index (χ0v) is 15.5. The normalized spacial score (nSPS) is 10.7. The molecule has 0 radical (unpaired) electrons. The van der Waals surface area contributed by atoms with Crippen LogP contribution in [-0.2, 0) is 10.1 Å². The van der Waals surface area contributed by atoms with Crippen LogP contribution in [0, 0.1) is 0 Å². The molecule has 0 fully saturated rings. The summed E-state index contributed by atoms with van der Waals surface area (Å²) >= 11 is 6.24. The summed E-state index contributed by atoms with van der Waals surface area (Å²) in [6, 6.07) is 4.00. The maximum Gasteiger partial charge on any atom is 1.00 e. The van der Waals surface area contributed by atoms with Crippen LogP contribution in [0.3, 0.4) is 0 Å². The molecule has 0 heterocycles. The molecule has 0 aliphatic rings. The second kappa shape index (κ2) is 5.84. The van der Waals surface area contributed by atoms with Crippen molar-refractivity contribution in [1.29, 1.82) is 0 Å². The molecule has 3 nitrogen and oxygen atoms in total. The van der Waals surface area contributed by atoms with Gasteiger partial charge in [0.25, 0.3) is 0 Å². The summed E-state index contributed by atoms with van der Waals surface area (Å²) in [5.74, 6) is 0. The molecule has 0 spiro atoms. The molecule has 0 bridgehead atoms. The van der Waals surface area contributed by atoms with Gasteiger partial charge in [0.2, 0.25) is 0 Å². The van der Waals surface area contributed by atoms with Crippen LogP contribution in [0.1, 0.15) is 0 Å². The van der Waals surface area contributed by atoms with E-state index in [1.165, 1.54) is 18.2 Å². The Labute approximate surface area is 142 Å². The number of hydrogen-bond donors (Lipinski definition) is 0. The Balaban J connectivity index is 0.00000144. The van der Waals surface area contributed by atoms with E-state index in [1.54, 1.807) is 0 Å². The number of rotatable bonds is 1. The van der Waals surface area contributed by atoms with Crippen LogP contribution >= 0.6 is 31.9 Å². The third-order valence-corrected chi connectivity index (χ3v) is 3.89. The van der Waals surface area contributed by atoms with Crippen LogP contribution in [0.4, 0.5) is 0 Å². The fourth-order valence-electron chi connectivity index (χ4n) is 0.632. The first-order chi connectivity index (χ1) is 5.41. The van der Waals surface area contributed by atoms with Crippen molar-refractivity contribution in [2.24, 2.45) is 0 Å². The Hall–Kier alpha value is 1.90. The quantitative estimate of drug-likeness (QED) is 0.576. The summed E-state index contributed by atoms with van der Waals surface area (Å²) in [7, 11) is -4.34. The van der Waals surface area contributed by atoms with Crippen molar-refractivity contribution in [2.75, 3.05) is 0 Å². The minimum absolute atomic E-state index is 0. The van der Waals surface area contributed by atoms with E-state index in [0.717, 1.165) is 0 Å². The molecular formula is C6H3Br2O3RbS. The van der Waals surface area contributed by atoms with Crippen molar-refractivity contribution in [3.63, 3.8) is 0 Å². The molecule has 66 valence electrons. The smallest absolute Gasteiger partial charge is 0.744 e. The first-order valence-electron chi connectivity index (χ1n) is 2.82. The van der Waals surface area contributed by atoms with Gasteiger partial charge in [-0.2, -0.15) is 0 Å². The molecule has 0 N–H and O–H groups in total. The molecule has 0 saturated heterocycles. The molecule has 0 amide bonds. The van der Waals surface area contributed by atoms with Gasteiger partial charge in [0.05, 0.1) is 4.90 Å². The van der Waals surface area contributed by atoms with Crippen molar-refractivity contribution in [3.05, 3.63) is 27.1 Å². The summed E-state index contributed by atoms with van der Waals surface area (Å²) < 4.78 is 32.8. The second-order valence-electron chi connectivity index (χ2n) is 2.03. The topological polar surface area (TPSA) is 57.2 Å². The van der Waals surface area contributed by atoms with Crippen molar-refractivity contribution < 1.29 is 71.2 Å². The van der Waals surface area contributed by atoms with Crippen LogP contribution in [0.25, 0.3) is 0 Å². The summed E-state index contributed by atoms with van der Waals surface area (Å²) in [6.45, 7) is 0. The van der Waals surface area contributed by atoms with Crippen LogP contribution in [-0.4, -0.2) is 13.0 Å². The van der Waals surface area contributed by atoms with Gasteiger partial charge in [-0.15, -0.1) is 0 Å². The molecule has 0 unspecified atom stereocenters. The Morgan fingerprint density at radius 1 is 1.15 bits per heavy atom. The van der Waals surface area contributed by atoms with E-state index in [9.17, 15) is 13.0 Å². The van der Waals surface area contributed by atoms with Crippen LogP contribution in [0.15, 0.2) is 32.0 Å². The standard InChI is InChI=1S/C6H4Br2O3S.Rb/c7-5-2-1-4(3-6(5)8)12(9,10)11;/h1-3H,(H,9,10,11);/q;+1/p-1. The maximum absolute atomic E-state index is 10.5. The monoisotopic (exact) mass is 398 g/mol. The second-order valence-corrected chi connectivity index (χ2v) is 5.12. The van der Waals surface area contributed by atoms with Gasteiger partial charge >= 0.3 is 58.2 Å². The Bertz CT molecular complexity index is 404. The first kappa shape index (κ1) is 14.9. The fraction of sp³-hybridized carbons (Fsp3) is 0. The zero-order chi connectivity index (χ0) is 9.35. The van der Waals surface area contributed by atoms with Crippen molar-refractivity contribution in [3.8, 4) is 0 Å². The van der Waals surface area contributed by atoms with E-state index in [-0.39, 0.29) is 63.1 Å². The molecule has 0 aromatic heterocycles. The molecule has 1 aromatic carbocycles. The predicted molar refractivity (Wildman–Crippen MR) is 49.8 cm³/mol. The van der Waals surface area contributed by atoms with Gasteiger partial charge in [0.1, 0.15) is 10.1 Å². The molecule has 13 heavy (non-hydrogen) atoms.